The molecule has 0 bridgehead atoms. The second-order valence-electron chi connectivity index (χ2n) is 6.74. The third-order valence-corrected chi connectivity index (χ3v) is 4.94. The summed E-state index contributed by atoms with van der Waals surface area (Å²) in [5.41, 5.74) is 1.25. The molecule has 3 rings (SSSR count). The monoisotopic (exact) mass is 287 g/mol. The summed E-state index contributed by atoms with van der Waals surface area (Å²) in [7, 11) is 0. The summed E-state index contributed by atoms with van der Waals surface area (Å²) in [6.45, 7) is 0. The second kappa shape index (κ2) is 7.72. The molecule has 1 aromatic rings. The molecule has 2 heteroatoms. The number of rotatable bonds is 4. The zero-order valence-electron chi connectivity index (χ0n) is 13.2. The molecule has 0 aromatic heterocycles. The van der Waals surface area contributed by atoms with Crippen LogP contribution in [0.3, 0.4) is 0 Å². The Bertz CT molecular complexity index is 400. The van der Waals surface area contributed by atoms with Crippen molar-refractivity contribution in [1.82, 2.24) is 0 Å². The molecule has 0 aliphatic heterocycles. The van der Waals surface area contributed by atoms with Gasteiger partial charge in [0.25, 0.3) is 0 Å². The average molecular weight is 287 g/mol. The van der Waals surface area contributed by atoms with Gasteiger partial charge in [-0.15, -0.1) is 0 Å². The van der Waals surface area contributed by atoms with Crippen molar-refractivity contribution in [3.05, 3.63) is 24.3 Å². The normalized spacial score (nSPS) is 21.7. The lowest BCUT2D eigenvalue weighted by molar-refractivity contribution is 0.210. The van der Waals surface area contributed by atoms with Crippen LogP contribution in [0.15, 0.2) is 24.3 Å². The van der Waals surface area contributed by atoms with Gasteiger partial charge in [-0.2, -0.15) is 0 Å². The van der Waals surface area contributed by atoms with Gasteiger partial charge in [-0.05, 0) is 62.8 Å². The van der Waals surface area contributed by atoms with Crippen molar-refractivity contribution in [3.8, 4) is 5.75 Å². The molecule has 21 heavy (non-hydrogen) atoms. The van der Waals surface area contributed by atoms with E-state index in [2.05, 4.69) is 29.6 Å². The first-order chi connectivity index (χ1) is 10.4. The Hall–Kier alpha value is -1.18. The Morgan fingerprint density at radius 1 is 0.714 bits per heavy atom. The Balaban J connectivity index is 1.50. The van der Waals surface area contributed by atoms with Crippen molar-refractivity contribution in [1.29, 1.82) is 0 Å². The summed E-state index contributed by atoms with van der Waals surface area (Å²) in [5.74, 6) is 1.03. The Labute approximate surface area is 129 Å². The highest BCUT2D eigenvalue weighted by Crippen LogP contribution is 2.26. The Kier molecular flexibility index (Phi) is 5.42. The summed E-state index contributed by atoms with van der Waals surface area (Å²) in [4.78, 5) is 0. The maximum absolute atomic E-state index is 6.03. The zero-order chi connectivity index (χ0) is 14.3. The molecule has 1 N–H and O–H groups in total. The van der Waals surface area contributed by atoms with E-state index in [-0.39, 0.29) is 0 Å². The van der Waals surface area contributed by atoms with Gasteiger partial charge in [0.1, 0.15) is 5.75 Å². The van der Waals surface area contributed by atoms with E-state index in [0.717, 1.165) is 5.75 Å². The van der Waals surface area contributed by atoms with Crippen molar-refractivity contribution in [3.63, 3.8) is 0 Å². The number of nitrogens with one attached hydrogen (secondary N) is 1. The highest BCUT2D eigenvalue weighted by molar-refractivity contribution is 5.47. The maximum Gasteiger partial charge on any atom is 0.119 e. The third-order valence-electron chi connectivity index (χ3n) is 4.94. The van der Waals surface area contributed by atoms with Crippen molar-refractivity contribution in [2.75, 3.05) is 5.32 Å². The molecule has 0 heterocycles. The van der Waals surface area contributed by atoms with Crippen molar-refractivity contribution >= 4 is 5.69 Å². The van der Waals surface area contributed by atoms with Crippen LogP contribution in [0.5, 0.6) is 5.75 Å². The van der Waals surface area contributed by atoms with Gasteiger partial charge in [0.05, 0.1) is 6.10 Å². The molecule has 2 aliphatic rings. The minimum atomic E-state index is 0.453. The molecule has 0 amide bonds. The summed E-state index contributed by atoms with van der Waals surface area (Å²) in [6, 6.07) is 9.28. The van der Waals surface area contributed by atoms with Crippen molar-refractivity contribution in [2.24, 2.45) is 0 Å². The summed E-state index contributed by atoms with van der Waals surface area (Å²) in [6.07, 6.45) is 15.2. The first kappa shape index (κ1) is 14.7. The third kappa shape index (κ3) is 4.66. The second-order valence-corrected chi connectivity index (χ2v) is 6.74. The molecule has 0 atom stereocenters. The van der Waals surface area contributed by atoms with Gasteiger partial charge in [-0.1, -0.05) is 32.1 Å². The molecular weight excluding hydrogens is 258 g/mol. The molecule has 1 aromatic carbocycles. The predicted octanol–water partition coefficient (Wildman–Crippen LogP) is 5.53. The lowest BCUT2D eigenvalue weighted by Gasteiger charge is -2.22. The number of ether oxygens (including phenoxy) is 1. The SMILES string of the molecule is c1cc(OC2CCCC2)ccc1NC1CCCCCCC1. The molecule has 2 nitrogen and oxygen atoms in total. The fourth-order valence-corrected chi connectivity index (χ4v) is 3.66. The van der Waals surface area contributed by atoms with Gasteiger partial charge >= 0.3 is 0 Å². The van der Waals surface area contributed by atoms with E-state index in [1.807, 2.05) is 0 Å². The highest BCUT2D eigenvalue weighted by Gasteiger charge is 2.16. The summed E-state index contributed by atoms with van der Waals surface area (Å²) in [5, 5.41) is 3.71. The minimum absolute atomic E-state index is 0.453. The van der Waals surface area contributed by atoms with Crippen LogP contribution in [0.2, 0.25) is 0 Å². The van der Waals surface area contributed by atoms with Crippen LogP contribution >= 0.6 is 0 Å². The van der Waals surface area contributed by atoms with E-state index in [9.17, 15) is 0 Å². The van der Waals surface area contributed by atoms with E-state index >= 15 is 0 Å². The van der Waals surface area contributed by atoms with Crippen LogP contribution in [-0.4, -0.2) is 12.1 Å². The predicted molar refractivity (Wildman–Crippen MR) is 89.1 cm³/mol. The fraction of sp³-hybridized carbons (Fsp3) is 0.684. The van der Waals surface area contributed by atoms with E-state index in [0.29, 0.717) is 12.1 Å². The maximum atomic E-state index is 6.03. The average Bonchev–Trinajstić information content (AvgIpc) is 2.97. The molecule has 2 fully saturated rings. The first-order valence-electron chi connectivity index (χ1n) is 8.93. The van der Waals surface area contributed by atoms with Gasteiger partial charge in [0, 0.05) is 11.7 Å². The Morgan fingerprint density at radius 2 is 1.29 bits per heavy atom. The van der Waals surface area contributed by atoms with E-state index in [1.165, 1.54) is 76.3 Å². The van der Waals surface area contributed by atoms with Crippen LogP contribution in [0.25, 0.3) is 0 Å². The molecule has 116 valence electrons. The molecule has 0 radical (unpaired) electrons. The van der Waals surface area contributed by atoms with Crippen molar-refractivity contribution < 1.29 is 4.74 Å². The van der Waals surface area contributed by atoms with Crippen molar-refractivity contribution in [2.45, 2.75) is 82.8 Å². The summed E-state index contributed by atoms with van der Waals surface area (Å²) >= 11 is 0. The molecule has 0 unspecified atom stereocenters. The van der Waals surface area contributed by atoms with E-state index in [1.54, 1.807) is 0 Å². The number of hydrogen-bond donors (Lipinski definition) is 1. The van der Waals surface area contributed by atoms with Crippen LogP contribution in [0, 0.1) is 0 Å². The highest BCUT2D eigenvalue weighted by atomic mass is 16.5. The van der Waals surface area contributed by atoms with E-state index in [4.69, 9.17) is 4.74 Å². The quantitative estimate of drug-likeness (QED) is 0.785. The molecule has 0 saturated heterocycles. The first-order valence-corrected chi connectivity index (χ1v) is 8.93. The van der Waals surface area contributed by atoms with Gasteiger partial charge in [-0.25, -0.2) is 0 Å². The topological polar surface area (TPSA) is 21.3 Å². The molecular formula is C19H29NO. The summed E-state index contributed by atoms with van der Waals surface area (Å²) < 4.78 is 6.03. The Morgan fingerprint density at radius 3 is 1.95 bits per heavy atom. The number of anilines is 1. The zero-order valence-corrected chi connectivity index (χ0v) is 13.2. The largest absolute Gasteiger partial charge is 0.490 e. The van der Waals surface area contributed by atoms with Crippen LogP contribution in [-0.2, 0) is 0 Å². The number of hydrogen-bond acceptors (Lipinski definition) is 2. The van der Waals surface area contributed by atoms with Gasteiger partial charge in [0.2, 0.25) is 0 Å². The standard InChI is InChI=1S/C19H29NO/c1-2-4-8-16(9-5-3-1)20-17-12-14-19(15-13-17)21-18-10-6-7-11-18/h12-16,18,20H,1-11H2. The van der Waals surface area contributed by atoms with Gasteiger partial charge < -0.3 is 10.1 Å². The van der Waals surface area contributed by atoms with Gasteiger partial charge in [0.15, 0.2) is 0 Å². The lowest BCUT2D eigenvalue weighted by Crippen LogP contribution is -2.20. The minimum Gasteiger partial charge on any atom is -0.490 e. The van der Waals surface area contributed by atoms with Crippen LogP contribution in [0.1, 0.15) is 70.6 Å². The van der Waals surface area contributed by atoms with Gasteiger partial charge in [-0.3, -0.25) is 0 Å². The van der Waals surface area contributed by atoms with Crippen LogP contribution < -0.4 is 10.1 Å². The lowest BCUT2D eigenvalue weighted by atomic mass is 9.96. The molecule has 2 aliphatic carbocycles. The fourth-order valence-electron chi connectivity index (χ4n) is 3.66. The number of benzene rings is 1. The molecule has 2 saturated carbocycles. The molecule has 0 spiro atoms. The van der Waals surface area contributed by atoms with E-state index < -0.39 is 0 Å². The van der Waals surface area contributed by atoms with Crippen LogP contribution in [0.4, 0.5) is 5.69 Å². The smallest absolute Gasteiger partial charge is 0.119 e.